The molecule has 1 fully saturated rings. The molecular formula is C16H34N2. The van der Waals surface area contributed by atoms with Gasteiger partial charge in [0.05, 0.1) is 0 Å². The van der Waals surface area contributed by atoms with Gasteiger partial charge in [-0.05, 0) is 31.7 Å². The van der Waals surface area contributed by atoms with E-state index in [0.29, 0.717) is 6.04 Å². The van der Waals surface area contributed by atoms with Crippen molar-refractivity contribution >= 4 is 0 Å². The van der Waals surface area contributed by atoms with E-state index in [9.17, 15) is 0 Å². The fourth-order valence-electron chi connectivity index (χ4n) is 3.35. The largest absolute Gasteiger partial charge is 0.315 e. The molecule has 1 aliphatic carbocycles. The van der Waals surface area contributed by atoms with Gasteiger partial charge in [-0.25, -0.2) is 0 Å². The van der Waals surface area contributed by atoms with Gasteiger partial charge in [0.2, 0.25) is 0 Å². The Kier molecular flexibility index (Phi) is 7.25. The first kappa shape index (κ1) is 16.0. The van der Waals surface area contributed by atoms with E-state index in [1.165, 1.54) is 45.2 Å². The van der Waals surface area contributed by atoms with Gasteiger partial charge < -0.3 is 5.32 Å². The van der Waals surface area contributed by atoms with Crippen LogP contribution in [0.3, 0.4) is 0 Å². The summed E-state index contributed by atoms with van der Waals surface area (Å²) in [5.74, 6) is 1.54. The van der Waals surface area contributed by atoms with Crippen molar-refractivity contribution < 1.29 is 0 Å². The molecule has 2 unspecified atom stereocenters. The molecule has 108 valence electrons. The predicted octanol–water partition coefficient (Wildman–Crippen LogP) is 3.52. The van der Waals surface area contributed by atoms with E-state index in [-0.39, 0.29) is 0 Å². The zero-order chi connectivity index (χ0) is 13.5. The summed E-state index contributed by atoms with van der Waals surface area (Å²) in [6.45, 7) is 11.9. The van der Waals surface area contributed by atoms with Gasteiger partial charge in [-0.3, -0.25) is 4.90 Å². The van der Waals surface area contributed by atoms with Gasteiger partial charge >= 0.3 is 0 Å². The predicted molar refractivity (Wildman–Crippen MR) is 81.0 cm³/mol. The van der Waals surface area contributed by atoms with Crippen molar-refractivity contribution in [3.63, 3.8) is 0 Å². The number of hydrogen-bond donors (Lipinski definition) is 1. The van der Waals surface area contributed by atoms with Crippen molar-refractivity contribution in [2.45, 2.75) is 71.9 Å². The van der Waals surface area contributed by atoms with E-state index in [0.717, 1.165) is 17.9 Å². The summed E-state index contributed by atoms with van der Waals surface area (Å²) in [4.78, 5) is 2.77. The highest BCUT2D eigenvalue weighted by Gasteiger charge is 2.28. The third kappa shape index (κ3) is 5.27. The summed E-state index contributed by atoms with van der Waals surface area (Å²) in [6, 6.07) is 1.45. The van der Waals surface area contributed by atoms with Crippen LogP contribution in [-0.2, 0) is 0 Å². The Morgan fingerprint density at radius 1 is 0.944 bits per heavy atom. The number of hydrogen-bond acceptors (Lipinski definition) is 2. The first-order valence-corrected chi connectivity index (χ1v) is 7.96. The third-order valence-corrected chi connectivity index (χ3v) is 4.02. The monoisotopic (exact) mass is 254 g/mol. The van der Waals surface area contributed by atoms with Crippen LogP contribution in [0.25, 0.3) is 0 Å². The van der Waals surface area contributed by atoms with Gasteiger partial charge in [-0.1, -0.05) is 47.0 Å². The SMILES string of the molecule is CNC1CCCCCC1N(CC(C)C)CC(C)C. The fraction of sp³-hybridized carbons (Fsp3) is 1.00. The average Bonchev–Trinajstić information content (AvgIpc) is 2.51. The Labute approximate surface area is 115 Å². The molecule has 2 nitrogen and oxygen atoms in total. The van der Waals surface area contributed by atoms with Crippen molar-refractivity contribution in [2.24, 2.45) is 11.8 Å². The molecule has 0 heterocycles. The normalized spacial score (nSPS) is 26.0. The molecule has 0 aromatic rings. The highest BCUT2D eigenvalue weighted by Crippen LogP contribution is 2.24. The lowest BCUT2D eigenvalue weighted by molar-refractivity contribution is 0.120. The van der Waals surface area contributed by atoms with Crippen LogP contribution in [0.1, 0.15) is 59.8 Å². The minimum absolute atomic E-state index is 0.699. The lowest BCUT2D eigenvalue weighted by Gasteiger charge is -2.38. The molecule has 0 amide bonds. The van der Waals surface area contributed by atoms with Crippen LogP contribution >= 0.6 is 0 Å². The molecule has 1 rings (SSSR count). The maximum atomic E-state index is 3.58. The molecule has 1 saturated carbocycles. The Morgan fingerprint density at radius 3 is 2.00 bits per heavy atom. The van der Waals surface area contributed by atoms with Gasteiger partial charge in [-0.15, -0.1) is 0 Å². The minimum Gasteiger partial charge on any atom is -0.315 e. The zero-order valence-corrected chi connectivity index (χ0v) is 13.2. The quantitative estimate of drug-likeness (QED) is 0.730. The van der Waals surface area contributed by atoms with Crippen LogP contribution in [0.15, 0.2) is 0 Å². The topological polar surface area (TPSA) is 15.3 Å². The molecule has 0 aromatic heterocycles. The van der Waals surface area contributed by atoms with E-state index in [4.69, 9.17) is 0 Å². The second-order valence-electron chi connectivity index (χ2n) is 6.84. The lowest BCUT2D eigenvalue weighted by Crippen LogP contribution is -2.50. The van der Waals surface area contributed by atoms with Crippen LogP contribution in [-0.4, -0.2) is 37.1 Å². The maximum Gasteiger partial charge on any atom is 0.0249 e. The van der Waals surface area contributed by atoms with E-state index in [1.54, 1.807) is 0 Å². The molecule has 0 bridgehead atoms. The molecule has 2 atom stereocenters. The summed E-state index contributed by atoms with van der Waals surface area (Å²) < 4.78 is 0. The number of likely N-dealkylation sites (N-methyl/N-ethyl adjacent to an activating group) is 1. The summed E-state index contributed by atoms with van der Waals surface area (Å²) in [7, 11) is 2.14. The molecule has 0 aromatic carbocycles. The van der Waals surface area contributed by atoms with Gasteiger partial charge in [-0.2, -0.15) is 0 Å². The second kappa shape index (κ2) is 8.16. The second-order valence-corrected chi connectivity index (χ2v) is 6.84. The summed E-state index contributed by atoms with van der Waals surface area (Å²) in [6.07, 6.45) is 6.97. The first-order chi connectivity index (χ1) is 8.54. The molecular weight excluding hydrogens is 220 g/mol. The minimum atomic E-state index is 0.699. The molecule has 1 aliphatic rings. The van der Waals surface area contributed by atoms with Crippen molar-refractivity contribution in [3.8, 4) is 0 Å². The third-order valence-electron chi connectivity index (χ3n) is 4.02. The summed E-state index contributed by atoms with van der Waals surface area (Å²) in [5.41, 5.74) is 0. The highest BCUT2D eigenvalue weighted by atomic mass is 15.2. The Hall–Kier alpha value is -0.0800. The van der Waals surface area contributed by atoms with Crippen LogP contribution in [0.5, 0.6) is 0 Å². The van der Waals surface area contributed by atoms with E-state index in [2.05, 4.69) is 45.0 Å². The van der Waals surface area contributed by atoms with Crippen molar-refractivity contribution in [3.05, 3.63) is 0 Å². The summed E-state index contributed by atoms with van der Waals surface area (Å²) in [5, 5.41) is 3.58. The Bertz CT molecular complexity index is 203. The number of nitrogens with zero attached hydrogens (tertiary/aromatic N) is 1. The molecule has 0 aliphatic heterocycles. The highest BCUT2D eigenvalue weighted by molar-refractivity contribution is 4.87. The molecule has 1 N–H and O–H groups in total. The Balaban J connectivity index is 2.71. The van der Waals surface area contributed by atoms with Gasteiger partial charge in [0.15, 0.2) is 0 Å². The number of nitrogens with one attached hydrogen (secondary N) is 1. The molecule has 0 saturated heterocycles. The molecule has 2 heteroatoms. The van der Waals surface area contributed by atoms with Crippen LogP contribution < -0.4 is 5.32 Å². The first-order valence-electron chi connectivity index (χ1n) is 7.96. The maximum absolute atomic E-state index is 3.58. The van der Waals surface area contributed by atoms with Crippen LogP contribution in [0.4, 0.5) is 0 Å². The van der Waals surface area contributed by atoms with Crippen LogP contribution in [0, 0.1) is 11.8 Å². The standard InChI is InChI=1S/C16H34N2/c1-13(2)11-18(12-14(3)4)16-10-8-6-7-9-15(16)17-5/h13-17H,6-12H2,1-5H3. The molecule has 18 heavy (non-hydrogen) atoms. The van der Waals surface area contributed by atoms with E-state index >= 15 is 0 Å². The number of rotatable bonds is 6. The van der Waals surface area contributed by atoms with Crippen molar-refractivity contribution in [2.75, 3.05) is 20.1 Å². The van der Waals surface area contributed by atoms with E-state index in [1.807, 2.05) is 0 Å². The van der Waals surface area contributed by atoms with Gasteiger partial charge in [0.25, 0.3) is 0 Å². The average molecular weight is 254 g/mol. The lowest BCUT2D eigenvalue weighted by atomic mass is 9.98. The Morgan fingerprint density at radius 2 is 1.50 bits per heavy atom. The van der Waals surface area contributed by atoms with E-state index < -0.39 is 0 Å². The summed E-state index contributed by atoms with van der Waals surface area (Å²) >= 11 is 0. The van der Waals surface area contributed by atoms with Crippen LogP contribution in [0.2, 0.25) is 0 Å². The zero-order valence-electron chi connectivity index (χ0n) is 13.2. The van der Waals surface area contributed by atoms with Gasteiger partial charge in [0, 0.05) is 25.2 Å². The van der Waals surface area contributed by atoms with Gasteiger partial charge in [0.1, 0.15) is 0 Å². The van der Waals surface area contributed by atoms with Crippen molar-refractivity contribution in [1.29, 1.82) is 0 Å². The fourth-order valence-corrected chi connectivity index (χ4v) is 3.35. The smallest absolute Gasteiger partial charge is 0.0249 e. The molecule has 0 radical (unpaired) electrons. The molecule has 0 spiro atoms. The van der Waals surface area contributed by atoms with Crippen molar-refractivity contribution in [1.82, 2.24) is 10.2 Å².